The van der Waals surface area contributed by atoms with Crippen LogP contribution in [-0.4, -0.2) is 29.1 Å². The maximum Gasteiger partial charge on any atom is 0.269 e. The molecule has 2 rings (SSSR count). The number of aliphatic hydroxyl groups is 1. The highest BCUT2D eigenvalue weighted by molar-refractivity contribution is 5.94. The molecule has 0 spiro atoms. The number of non-ortho nitro benzene ring substituents is 1. The van der Waals surface area contributed by atoms with E-state index in [1.54, 1.807) is 11.0 Å². The molecule has 0 saturated heterocycles. The number of hydrogen-bond donors (Lipinski definition) is 1. The fraction of sp³-hybridized carbons (Fsp3) is 0.417. The average Bonchev–Trinajstić information content (AvgIpc) is 2.68. The number of hydrogen-bond acceptors (Lipinski definition) is 4. The summed E-state index contributed by atoms with van der Waals surface area (Å²) in [6.45, 7) is 1.94. The Hall–Kier alpha value is -1.95. The summed E-state index contributed by atoms with van der Waals surface area (Å²) in [5.74, 6) is -0.126. The van der Waals surface area contributed by atoms with E-state index in [0.29, 0.717) is 18.7 Å². The lowest BCUT2D eigenvalue weighted by Crippen LogP contribution is -2.27. The van der Waals surface area contributed by atoms with E-state index < -0.39 is 4.92 Å². The Morgan fingerprint density at radius 3 is 2.89 bits per heavy atom. The molecular weight excluding hydrogens is 236 g/mol. The number of nitro groups is 1. The maximum atomic E-state index is 11.5. The van der Waals surface area contributed by atoms with Gasteiger partial charge in [-0.3, -0.25) is 14.9 Å². The summed E-state index contributed by atoms with van der Waals surface area (Å²) in [7, 11) is 0. The van der Waals surface area contributed by atoms with Crippen molar-refractivity contribution in [3.05, 3.63) is 33.9 Å². The summed E-state index contributed by atoms with van der Waals surface area (Å²) < 4.78 is 0. The minimum atomic E-state index is -0.452. The van der Waals surface area contributed by atoms with Gasteiger partial charge in [0, 0.05) is 43.8 Å². The van der Waals surface area contributed by atoms with Crippen LogP contribution in [0.2, 0.25) is 0 Å². The number of carbonyl (C=O) groups is 1. The van der Waals surface area contributed by atoms with Crippen LogP contribution in [0.3, 0.4) is 0 Å². The number of nitrogens with zero attached hydrogens (tertiary/aromatic N) is 2. The van der Waals surface area contributed by atoms with Gasteiger partial charge in [0.2, 0.25) is 5.91 Å². The Bertz CT molecular complexity index is 501. The highest BCUT2D eigenvalue weighted by Gasteiger charge is 2.31. The first kappa shape index (κ1) is 12.5. The lowest BCUT2D eigenvalue weighted by molar-refractivity contribution is -0.384. The number of rotatable bonds is 3. The van der Waals surface area contributed by atoms with Gasteiger partial charge in [-0.15, -0.1) is 0 Å². The van der Waals surface area contributed by atoms with Crippen molar-refractivity contribution in [2.45, 2.75) is 19.3 Å². The third-order valence-corrected chi connectivity index (χ3v) is 3.21. The normalized spacial score (nSPS) is 17.7. The fourth-order valence-electron chi connectivity index (χ4n) is 2.35. The Morgan fingerprint density at radius 2 is 2.33 bits per heavy atom. The van der Waals surface area contributed by atoms with Gasteiger partial charge in [-0.2, -0.15) is 0 Å². The molecule has 1 amide bonds. The summed E-state index contributed by atoms with van der Waals surface area (Å²) in [5, 5.41) is 19.8. The zero-order valence-electron chi connectivity index (χ0n) is 10.00. The molecule has 96 valence electrons. The number of nitro benzene ring substituents is 1. The molecule has 1 heterocycles. The highest BCUT2D eigenvalue weighted by atomic mass is 16.6. The predicted molar refractivity (Wildman–Crippen MR) is 65.6 cm³/mol. The van der Waals surface area contributed by atoms with Crippen LogP contribution in [0.4, 0.5) is 11.4 Å². The second-order valence-electron chi connectivity index (χ2n) is 4.34. The molecule has 0 saturated carbocycles. The highest BCUT2D eigenvalue weighted by Crippen LogP contribution is 2.39. The van der Waals surface area contributed by atoms with Crippen molar-refractivity contribution in [2.24, 2.45) is 0 Å². The first-order chi connectivity index (χ1) is 8.54. The SMILES string of the molecule is CC(=O)N1CC(CCO)c2cc([N+](=O)[O-])ccc21. The molecule has 6 heteroatoms. The molecule has 0 aliphatic carbocycles. The summed E-state index contributed by atoms with van der Waals surface area (Å²) in [5.41, 5.74) is 1.50. The lowest BCUT2D eigenvalue weighted by atomic mass is 9.98. The standard InChI is InChI=1S/C12H14N2O4/c1-8(16)13-7-9(4-5-15)11-6-10(14(17)18)2-3-12(11)13/h2-3,6,9,15H,4-5,7H2,1H3. The molecule has 1 aliphatic heterocycles. The van der Waals surface area contributed by atoms with Crippen molar-refractivity contribution >= 4 is 17.3 Å². The van der Waals surface area contributed by atoms with Gasteiger partial charge in [0.25, 0.3) is 5.69 Å². The molecule has 1 aliphatic rings. The Morgan fingerprint density at radius 1 is 1.61 bits per heavy atom. The summed E-state index contributed by atoms with van der Waals surface area (Å²) in [6.07, 6.45) is 0.498. The molecule has 1 unspecified atom stereocenters. The molecule has 0 aromatic heterocycles. The average molecular weight is 250 g/mol. The van der Waals surface area contributed by atoms with E-state index in [4.69, 9.17) is 5.11 Å². The smallest absolute Gasteiger partial charge is 0.269 e. The number of carbonyl (C=O) groups excluding carboxylic acids is 1. The minimum absolute atomic E-state index is 0.00145. The van der Waals surface area contributed by atoms with Gasteiger partial charge in [-0.1, -0.05) is 0 Å². The van der Waals surface area contributed by atoms with E-state index >= 15 is 0 Å². The van der Waals surface area contributed by atoms with Crippen LogP contribution in [0.15, 0.2) is 18.2 Å². The van der Waals surface area contributed by atoms with Crippen LogP contribution in [0, 0.1) is 10.1 Å². The molecule has 18 heavy (non-hydrogen) atoms. The first-order valence-electron chi connectivity index (χ1n) is 5.72. The molecule has 0 radical (unpaired) electrons. The Balaban J connectivity index is 2.44. The molecule has 1 atom stereocenters. The molecule has 1 N–H and O–H groups in total. The van der Waals surface area contributed by atoms with Crippen molar-refractivity contribution < 1.29 is 14.8 Å². The summed E-state index contributed by atoms with van der Waals surface area (Å²) >= 11 is 0. The number of anilines is 1. The summed E-state index contributed by atoms with van der Waals surface area (Å²) in [4.78, 5) is 23.4. The lowest BCUT2D eigenvalue weighted by Gasteiger charge is -2.14. The molecule has 1 aromatic rings. The van der Waals surface area contributed by atoms with Crippen LogP contribution >= 0.6 is 0 Å². The monoisotopic (exact) mass is 250 g/mol. The Kier molecular flexibility index (Phi) is 3.29. The molecule has 0 fully saturated rings. The van der Waals surface area contributed by atoms with Crippen LogP contribution in [0.25, 0.3) is 0 Å². The van der Waals surface area contributed by atoms with E-state index in [1.807, 2.05) is 0 Å². The topological polar surface area (TPSA) is 83.7 Å². The fourth-order valence-corrected chi connectivity index (χ4v) is 2.35. The van der Waals surface area contributed by atoms with Gasteiger partial charge >= 0.3 is 0 Å². The number of benzene rings is 1. The number of fused-ring (bicyclic) bond motifs is 1. The van der Waals surface area contributed by atoms with Gasteiger partial charge in [-0.05, 0) is 18.1 Å². The largest absolute Gasteiger partial charge is 0.396 e. The number of amides is 1. The first-order valence-corrected chi connectivity index (χ1v) is 5.72. The van der Waals surface area contributed by atoms with Crippen LogP contribution in [-0.2, 0) is 4.79 Å². The van der Waals surface area contributed by atoms with Crippen molar-refractivity contribution in [3.8, 4) is 0 Å². The predicted octanol–water partition coefficient (Wildman–Crippen LogP) is 1.43. The quantitative estimate of drug-likeness (QED) is 0.649. The van der Waals surface area contributed by atoms with E-state index in [0.717, 1.165) is 5.56 Å². The zero-order chi connectivity index (χ0) is 13.3. The van der Waals surface area contributed by atoms with E-state index in [2.05, 4.69) is 0 Å². The van der Waals surface area contributed by atoms with E-state index in [-0.39, 0.29) is 24.1 Å². The van der Waals surface area contributed by atoms with Gasteiger partial charge in [-0.25, -0.2) is 0 Å². The van der Waals surface area contributed by atoms with Crippen LogP contribution in [0.1, 0.15) is 24.8 Å². The maximum absolute atomic E-state index is 11.5. The second-order valence-corrected chi connectivity index (χ2v) is 4.34. The van der Waals surface area contributed by atoms with Gasteiger partial charge in [0.05, 0.1) is 4.92 Å². The van der Waals surface area contributed by atoms with Gasteiger partial charge < -0.3 is 10.0 Å². The third kappa shape index (κ3) is 2.06. The molecule has 1 aromatic carbocycles. The van der Waals surface area contributed by atoms with Gasteiger partial charge in [0.15, 0.2) is 0 Å². The second kappa shape index (κ2) is 4.73. The van der Waals surface area contributed by atoms with E-state index in [9.17, 15) is 14.9 Å². The van der Waals surface area contributed by atoms with Crippen LogP contribution < -0.4 is 4.90 Å². The third-order valence-electron chi connectivity index (χ3n) is 3.21. The summed E-state index contributed by atoms with van der Waals surface area (Å²) in [6, 6.07) is 4.50. The van der Waals surface area contributed by atoms with E-state index in [1.165, 1.54) is 19.1 Å². The van der Waals surface area contributed by atoms with Crippen molar-refractivity contribution in [1.29, 1.82) is 0 Å². The Labute approximate surface area is 104 Å². The molecular formula is C12H14N2O4. The van der Waals surface area contributed by atoms with Gasteiger partial charge in [0.1, 0.15) is 0 Å². The van der Waals surface area contributed by atoms with Crippen molar-refractivity contribution in [2.75, 3.05) is 18.1 Å². The number of aliphatic hydroxyl groups excluding tert-OH is 1. The van der Waals surface area contributed by atoms with Crippen molar-refractivity contribution in [3.63, 3.8) is 0 Å². The molecule has 0 bridgehead atoms. The van der Waals surface area contributed by atoms with Crippen LogP contribution in [0.5, 0.6) is 0 Å². The minimum Gasteiger partial charge on any atom is -0.396 e. The zero-order valence-corrected chi connectivity index (χ0v) is 10.00. The molecule has 6 nitrogen and oxygen atoms in total. The van der Waals surface area contributed by atoms with Crippen molar-refractivity contribution in [1.82, 2.24) is 0 Å².